The van der Waals surface area contributed by atoms with Gasteiger partial charge in [-0.15, -0.1) is 0 Å². The highest BCUT2D eigenvalue weighted by Gasteiger charge is 2.23. The molecule has 0 aromatic rings. The van der Waals surface area contributed by atoms with Gasteiger partial charge in [-0.05, 0) is 38.6 Å². The number of carbonyl (C=O) groups excluding carboxylic acids is 1. The Kier molecular flexibility index (Phi) is 5.77. The number of nitrogens with one attached hydrogen (secondary N) is 1. The maximum atomic E-state index is 11.6. The minimum Gasteiger partial charge on any atom is -0.396 e. The van der Waals surface area contributed by atoms with E-state index in [0.29, 0.717) is 12.5 Å². The van der Waals surface area contributed by atoms with Crippen LogP contribution in [0.25, 0.3) is 0 Å². The summed E-state index contributed by atoms with van der Waals surface area (Å²) in [5.41, 5.74) is 0. The Hall–Kier alpha value is -0.610. The van der Waals surface area contributed by atoms with Gasteiger partial charge in [0.1, 0.15) is 0 Å². The number of rotatable bonds is 6. The van der Waals surface area contributed by atoms with Crippen LogP contribution in [0, 0.1) is 5.92 Å². The first-order valence-electron chi connectivity index (χ1n) is 6.28. The van der Waals surface area contributed by atoms with Gasteiger partial charge in [-0.3, -0.25) is 9.69 Å². The normalized spacial score (nSPS) is 23.3. The van der Waals surface area contributed by atoms with Crippen LogP contribution >= 0.6 is 0 Å². The van der Waals surface area contributed by atoms with E-state index >= 15 is 0 Å². The minimum absolute atomic E-state index is 0.124. The Morgan fingerprint density at radius 1 is 1.62 bits per heavy atom. The summed E-state index contributed by atoms with van der Waals surface area (Å²) in [6.45, 7) is 6.80. The van der Waals surface area contributed by atoms with Crippen molar-refractivity contribution in [3.05, 3.63) is 0 Å². The van der Waals surface area contributed by atoms with Crippen molar-refractivity contribution in [2.24, 2.45) is 5.92 Å². The van der Waals surface area contributed by atoms with Gasteiger partial charge in [-0.25, -0.2) is 0 Å². The highest BCUT2D eigenvalue weighted by atomic mass is 16.3. The molecule has 94 valence electrons. The summed E-state index contributed by atoms with van der Waals surface area (Å²) in [6.07, 6.45) is 2.94. The molecule has 1 aliphatic heterocycles. The number of carbonyl (C=O) groups is 1. The van der Waals surface area contributed by atoms with Gasteiger partial charge in [0.2, 0.25) is 5.91 Å². The van der Waals surface area contributed by atoms with Crippen LogP contribution in [0.1, 0.15) is 33.1 Å². The van der Waals surface area contributed by atoms with Crippen molar-refractivity contribution in [2.45, 2.75) is 39.2 Å². The summed E-state index contributed by atoms with van der Waals surface area (Å²) in [5.74, 6) is 0.695. The first-order chi connectivity index (χ1) is 7.65. The molecule has 16 heavy (non-hydrogen) atoms. The molecule has 0 spiro atoms. The van der Waals surface area contributed by atoms with Crippen LogP contribution in [0.15, 0.2) is 0 Å². The van der Waals surface area contributed by atoms with Gasteiger partial charge in [0.05, 0.1) is 6.54 Å². The number of aliphatic hydroxyl groups is 1. The van der Waals surface area contributed by atoms with Crippen LogP contribution < -0.4 is 5.32 Å². The second-order valence-corrected chi connectivity index (χ2v) is 4.78. The zero-order valence-corrected chi connectivity index (χ0v) is 10.4. The largest absolute Gasteiger partial charge is 0.396 e. The Balaban J connectivity index is 2.20. The summed E-state index contributed by atoms with van der Waals surface area (Å²) in [6, 6.07) is 0.267. The highest BCUT2D eigenvalue weighted by Crippen LogP contribution is 2.18. The van der Waals surface area contributed by atoms with Crippen molar-refractivity contribution in [3.63, 3.8) is 0 Å². The van der Waals surface area contributed by atoms with E-state index in [1.165, 1.54) is 0 Å². The molecule has 0 aromatic heterocycles. The number of hydrogen-bond acceptors (Lipinski definition) is 3. The lowest BCUT2D eigenvalue weighted by Gasteiger charge is -2.17. The fourth-order valence-corrected chi connectivity index (χ4v) is 2.10. The smallest absolute Gasteiger partial charge is 0.234 e. The van der Waals surface area contributed by atoms with Gasteiger partial charge < -0.3 is 10.4 Å². The van der Waals surface area contributed by atoms with Crippen molar-refractivity contribution in [1.29, 1.82) is 0 Å². The van der Waals surface area contributed by atoms with E-state index in [9.17, 15) is 4.79 Å². The standard InChI is InChI=1S/C12H24N2O2/c1-3-10(2)13-12(16)9-14-6-4-11(8-14)5-7-15/h10-11,15H,3-9H2,1-2H3,(H,13,16). The third-order valence-corrected chi connectivity index (χ3v) is 3.29. The number of hydrogen-bond donors (Lipinski definition) is 2. The summed E-state index contributed by atoms with van der Waals surface area (Å²) in [4.78, 5) is 13.8. The van der Waals surface area contributed by atoms with E-state index in [1.807, 2.05) is 6.92 Å². The van der Waals surface area contributed by atoms with Crippen molar-refractivity contribution < 1.29 is 9.90 Å². The third kappa shape index (κ3) is 4.49. The summed E-state index contributed by atoms with van der Waals surface area (Å²) < 4.78 is 0. The van der Waals surface area contributed by atoms with Crippen molar-refractivity contribution in [2.75, 3.05) is 26.2 Å². The van der Waals surface area contributed by atoms with Crippen LogP contribution in [-0.4, -0.2) is 48.2 Å². The molecule has 0 aromatic carbocycles. The first kappa shape index (κ1) is 13.5. The van der Waals surface area contributed by atoms with Crippen molar-refractivity contribution in [1.82, 2.24) is 10.2 Å². The molecular formula is C12H24N2O2. The molecule has 0 bridgehead atoms. The molecule has 1 fully saturated rings. The molecular weight excluding hydrogens is 204 g/mol. The van der Waals surface area contributed by atoms with Gasteiger partial charge >= 0.3 is 0 Å². The summed E-state index contributed by atoms with van der Waals surface area (Å²) >= 11 is 0. The molecule has 1 aliphatic rings. The lowest BCUT2D eigenvalue weighted by molar-refractivity contribution is -0.122. The Labute approximate surface area is 98.0 Å². The molecule has 2 N–H and O–H groups in total. The van der Waals surface area contributed by atoms with Crippen LogP contribution in [0.2, 0.25) is 0 Å². The van der Waals surface area contributed by atoms with Gasteiger partial charge in [-0.1, -0.05) is 6.92 Å². The average molecular weight is 228 g/mol. The highest BCUT2D eigenvalue weighted by molar-refractivity contribution is 5.78. The van der Waals surface area contributed by atoms with Crippen molar-refractivity contribution >= 4 is 5.91 Å². The fraction of sp³-hybridized carbons (Fsp3) is 0.917. The molecule has 0 saturated carbocycles. The average Bonchev–Trinajstić information content (AvgIpc) is 2.65. The maximum Gasteiger partial charge on any atom is 0.234 e. The van der Waals surface area contributed by atoms with Gasteiger partial charge in [0.25, 0.3) is 0 Å². The van der Waals surface area contributed by atoms with E-state index < -0.39 is 0 Å². The zero-order valence-electron chi connectivity index (χ0n) is 10.4. The lowest BCUT2D eigenvalue weighted by Crippen LogP contribution is -2.40. The number of aliphatic hydroxyl groups excluding tert-OH is 1. The second kappa shape index (κ2) is 6.86. The monoisotopic (exact) mass is 228 g/mol. The van der Waals surface area contributed by atoms with E-state index in [-0.39, 0.29) is 18.6 Å². The van der Waals surface area contributed by atoms with E-state index in [2.05, 4.69) is 17.1 Å². The Morgan fingerprint density at radius 2 is 2.38 bits per heavy atom. The second-order valence-electron chi connectivity index (χ2n) is 4.78. The number of amides is 1. The third-order valence-electron chi connectivity index (χ3n) is 3.29. The SMILES string of the molecule is CCC(C)NC(=O)CN1CCC(CCO)C1. The quantitative estimate of drug-likeness (QED) is 0.700. The van der Waals surface area contributed by atoms with Crippen LogP contribution in [-0.2, 0) is 4.79 Å². The molecule has 4 nitrogen and oxygen atoms in total. The molecule has 1 heterocycles. The lowest BCUT2D eigenvalue weighted by atomic mass is 10.1. The molecule has 0 aliphatic carbocycles. The molecule has 0 radical (unpaired) electrons. The van der Waals surface area contributed by atoms with E-state index in [4.69, 9.17) is 5.11 Å². The van der Waals surface area contributed by atoms with Crippen molar-refractivity contribution in [3.8, 4) is 0 Å². The van der Waals surface area contributed by atoms with Gasteiger partial charge in [0, 0.05) is 19.2 Å². The Bertz CT molecular complexity index is 221. The predicted molar refractivity (Wildman–Crippen MR) is 64.1 cm³/mol. The van der Waals surface area contributed by atoms with Crippen LogP contribution in [0.3, 0.4) is 0 Å². The number of nitrogens with zero attached hydrogens (tertiary/aromatic N) is 1. The zero-order chi connectivity index (χ0) is 12.0. The van der Waals surface area contributed by atoms with Crippen LogP contribution in [0.4, 0.5) is 0 Å². The first-order valence-corrected chi connectivity index (χ1v) is 6.28. The van der Waals surface area contributed by atoms with Gasteiger partial charge in [0.15, 0.2) is 0 Å². The van der Waals surface area contributed by atoms with E-state index in [0.717, 1.165) is 32.4 Å². The predicted octanol–water partition coefficient (Wildman–Crippen LogP) is 0.605. The fourth-order valence-electron chi connectivity index (χ4n) is 2.10. The van der Waals surface area contributed by atoms with E-state index in [1.54, 1.807) is 0 Å². The Morgan fingerprint density at radius 3 is 3.00 bits per heavy atom. The summed E-state index contributed by atoms with van der Waals surface area (Å²) in [5, 5.41) is 11.8. The molecule has 1 rings (SSSR count). The number of likely N-dealkylation sites (tertiary alicyclic amines) is 1. The molecule has 1 amide bonds. The molecule has 2 atom stereocenters. The summed E-state index contributed by atoms with van der Waals surface area (Å²) in [7, 11) is 0. The molecule has 1 saturated heterocycles. The molecule has 4 heteroatoms. The molecule has 2 unspecified atom stereocenters. The maximum absolute atomic E-state index is 11.6. The topological polar surface area (TPSA) is 52.6 Å². The van der Waals surface area contributed by atoms with Gasteiger partial charge in [-0.2, -0.15) is 0 Å². The minimum atomic E-state index is 0.124. The van der Waals surface area contributed by atoms with Crippen LogP contribution in [0.5, 0.6) is 0 Å².